The molecule has 3 heterocycles. The quantitative estimate of drug-likeness (QED) is 0.694. The number of rotatable bonds is 6. The van der Waals surface area contributed by atoms with Crippen LogP contribution in [0.5, 0.6) is 0 Å². The molecular weight excluding hydrogens is 344 g/mol. The molecule has 3 rings (SSSR count). The van der Waals surface area contributed by atoms with Crippen molar-refractivity contribution in [1.82, 2.24) is 15.0 Å². The third-order valence-electron chi connectivity index (χ3n) is 4.52. The lowest BCUT2D eigenvalue weighted by Gasteiger charge is -2.13. The molecule has 7 nitrogen and oxygen atoms in total. The maximum absolute atomic E-state index is 11.5. The number of nitrogens with two attached hydrogens (primary N) is 1. The van der Waals surface area contributed by atoms with Crippen molar-refractivity contribution in [1.29, 1.82) is 0 Å². The van der Waals surface area contributed by atoms with Crippen molar-refractivity contribution < 1.29 is 14.6 Å². The predicted octanol–water partition coefficient (Wildman–Crippen LogP) is 2.62. The molecule has 2 atom stereocenters. The first kappa shape index (κ1) is 18.9. The number of carbonyl (C=O) groups is 1. The molecule has 0 aliphatic heterocycles. The van der Waals surface area contributed by atoms with Gasteiger partial charge in [-0.15, -0.1) is 0 Å². The van der Waals surface area contributed by atoms with Gasteiger partial charge in [-0.3, -0.25) is 19.7 Å². The third kappa shape index (κ3) is 3.79. The van der Waals surface area contributed by atoms with E-state index in [1.807, 2.05) is 26.0 Å². The van der Waals surface area contributed by atoms with Gasteiger partial charge in [-0.25, -0.2) is 0 Å². The minimum atomic E-state index is -0.891. The number of aryl methyl sites for hydroxylation is 1. The summed E-state index contributed by atoms with van der Waals surface area (Å²) in [5, 5.41) is 11.7. The molecule has 2 unspecified atom stereocenters. The fourth-order valence-electron chi connectivity index (χ4n) is 2.97. The molecule has 27 heavy (non-hydrogen) atoms. The van der Waals surface area contributed by atoms with Crippen LogP contribution in [0.25, 0.3) is 22.0 Å². The molecule has 0 saturated heterocycles. The van der Waals surface area contributed by atoms with Crippen LogP contribution in [-0.2, 0) is 9.53 Å². The highest BCUT2D eigenvalue weighted by atomic mass is 16.5. The first-order valence-electron chi connectivity index (χ1n) is 8.67. The summed E-state index contributed by atoms with van der Waals surface area (Å²) in [6, 6.07) is 5.54. The Bertz CT molecular complexity index is 990. The number of aliphatic hydroxyl groups excluding tert-OH is 1. The number of amides is 1. The molecule has 140 valence electrons. The second kappa shape index (κ2) is 7.77. The molecule has 0 bridgehead atoms. The van der Waals surface area contributed by atoms with E-state index in [4.69, 9.17) is 10.5 Å². The van der Waals surface area contributed by atoms with E-state index in [0.29, 0.717) is 17.8 Å². The van der Waals surface area contributed by atoms with Crippen molar-refractivity contribution in [2.24, 2.45) is 5.73 Å². The molecular formula is C20H22N4O3. The van der Waals surface area contributed by atoms with Gasteiger partial charge in [-0.2, -0.15) is 0 Å². The van der Waals surface area contributed by atoms with Gasteiger partial charge in [-0.05, 0) is 37.1 Å². The zero-order valence-corrected chi connectivity index (χ0v) is 15.5. The maximum atomic E-state index is 11.5. The minimum Gasteiger partial charge on any atom is -0.387 e. The lowest BCUT2D eigenvalue weighted by molar-refractivity contribution is -0.128. The SMILES string of the molecule is CCC(O)c1cc(C)c(-c2cc3cnc(C(OC)C(N)=O)cc3cn2)cn1. The molecule has 7 heteroatoms. The Balaban J connectivity index is 1.99. The van der Waals surface area contributed by atoms with Gasteiger partial charge in [0.1, 0.15) is 0 Å². The summed E-state index contributed by atoms with van der Waals surface area (Å²) in [6.07, 6.45) is 4.28. The van der Waals surface area contributed by atoms with E-state index in [-0.39, 0.29) is 0 Å². The van der Waals surface area contributed by atoms with Gasteiger partial charge in [-0.1, -0.05) is 6.92 Å². The Morgan fingerprint density at radius 3 is 2.41 bits per heavy atom. The first-order valence-corrected chi connectivity index (χ1v) is 8.67. The van der Waals surface area contributed by atoms with E-state index < -0.39 is 18.1 Å². The van der Waals surface area contributed by atoms with Gasteiger partial charge in [0.2, 0.25) is 0 Å². The van der Waals surface area contributed by atoms with Crippen LogP contribution in [0.3, 0.4) is 0 Å². The summed E-state index contributed by atoms with van der Waals surface area (Å²) in [5.41, 5.74) is 9.08. The number of ether oxygens (including phenoxy) is 1. The predicted molar refractivity (Wildman–Crippen MR) is 102 cm³/mol. The number of carbonyl (C=O) groups excluding carboxylic acids is 1. The maximum Gasteiger partial charge on any atom is 0.252 e. The van der Waals surface area contributed by atoms with Crippen molar-refractivity contribution in [3.8, 4) is 11.3 Å². The van der Waals surface area contributed by atoms with Crippen LogP contribution in [0.2, 0.25) is 0 Å². The van der Waals surface area contributed by atoms with Crippen molar-refractivity contribution in [3.63, 3.8) is 0 Å². The largest absolute Gasteiger partial charge is 0.387 e. The highest BCUT2D eigenvalue weighted by Crippen LogP contribution is 2.27. The highest BCUT2D eigenvalue weighted by molar-refractivity contribution is 5.87. The Labute approximate surface area is 157 Å². The standard InChI is InChI=1S/C20H22N4O3/c1-4-18(25)16-5-11(2)14(10-24-16)15-6-12-9-23-17(7-13(12)8-22-15)19(27-3)20(21)26/h5-10,18-19,25H,4H2,1-3H3,(H2,21,26). The Hall–Kier alpha value is -2.90. The van der Waals surface area contributed by atoms with Gasteiger partial charge < -0.3 is 15.6 Å². The Kier molecular flexibility index (Phi) is 5.43. The van der Waals surface area contributed by atoms with Crippen LogP contribution in [-0.4, -0.2) is 33.1 Å². The van der Waals surface area contributed by atoms with E-state index in [0.717, 1.165) is 27.6 Å². The number of nitrogens with zero attached hydrogens (tertiary/aromatic N) is 3. The molecule has 0 saturated carbocycles. The van der Waals surface area contributed by atoms with Gasteiger partial charge in [0, 0.05) is 42.0 Å². The molecule has 0 aliphatic carbocycles. The number of hydrogen-bond acceptors (Lipinski definition) is 6. The zero-order chi connectivity index (χ0) is 19.6. The topological polar surface area (TPSA) is 111 Å². The van der Waals surface area contributed by atoms with E-state index >= 15 is 0 Å². The van der Waals surface area contributed by atoms with E-state index in [9.17, 15) is 9.90 Å². The molecule has 3 aromatic heterocycles. The van der Waals surface area contributed by atoms with Crippen LogP contribution < -0.4 is 5.73 Å². The minimum absolute atomic E-state index is 0.447. The van der Waals surface area contributed by atoms with Crippen LogP contribution in [0.15, 0.2) is 36.8 Å². The molecule has 3 aromatic rings. The number of hydrogen-bond donors (Lipinski definition) is 2. The fourth-order valence-corrected chi connectivity index (χ4v) is 2.97. The van der Waals surface area contributed by atoms with Crippen LogP contribution in [0.1, 0.15) is 42.5 Å². The average Bonchev–Trinajstić information content (AvgIpc) is 2.67. The van der Waals surface area contributed by atoms with Gasteiger partial charge >= 0.3 is 0 Å². The lowest BCUT2D eigenvalue weighted by Crippen LogP contribution is -2.23. The Morgan fingerprint density at radius 2 is 1.78 bits per heavy atom. The fraction of sp³-hybridized carbons (Fsp3) is 0.300. The molecule has 0 radical (unpaired) electrons. The van der Waals surface area contributed by atoms with Crippen molar-refractivity contribution in [2.75, 3.05) is 7.11 Å². The monoisotopic (exact) mass is 366 g/mol. The van der Waals surface area contributed by atoms with Gasteiger partial charge in [0.15, 0.2) is 6.10 Å². The van der Waals surface area contributed by atoms with Gasteiger partial charge in [0.05, 0.1) is 23.2 Å². The lowest BCUT2D eigenvalue weighted by atomic mass is 10.0. The third-order valence-corrected chi connectivity index (χ3v) is 4.52. The summed E-state index contributed by atoms with van der Waals surface area (Å²) in [6.45, 7) is 3.88. The summed E-state index contributed by atoms with van der Waals surface area (Å²) in [5.74, 6) is -0.593. The number of methoxy groups -OCH3 is 1. The number of aliphatic hydroxyl groups is 1. The summed E-state index contributed by atoms with van der Waals surface area (Å²) >= 11 is 0. The number of pyridine rings is 3. The van der Waals surface area contributed by atoms with Crippen LogP contribution >= 0.6 is 0 Å². The Morgan fingerprint density at radius 1 is 1.11 bits per heavy atom. The highest BCUT2D eigenvalue weighted by Gasteiger charge is 2.19. The van der Waals surface area contributed by atoms with Crippen LogP contribution in [0.4, 0.5) is 0 Å². The molecule has 0 spiro atoms. The van der Waals surface area contributed by atoms with Crippen molar-refractivity contribution >= 4 is 16.7 Å². The zero-order valence-electron chi connectivity index (χ0n) is 15.5. The molecule has 0 aliphatic rings. The summed E-state index contributed by atoms with van der Waals surface area (Å²) in [4.78, 5) is 24.6. The summed E-state index contributed by atoms with van der Waals surface area (Å²) in [7, 11) is 1.41. The van der Waals surface area contributed by atoms with E-state index in [1.165, 1.54) is 7.11 Å². The normalized spacial score (nSPS) is 13.5. The average molecular weight is 366 g/mol. The molecule has 0 aromatic carbocycles. The van der Waals surface area contributed by atoms with Crippen molar-refractivity contribution in [3.05, 3.63) is 53.7 Å². The number of primary amides is 1. The summed E-state index contributed by atoms with van der Waals surface area (Å²) < 4.78 is 5.11. The molecule has 1 amide bonds. The second-order valence-electron chi connectivity index (χ2n) is 6.39. The van der Waals surface area contributed by atoms with Crippen molar-refractivity contribution in [2.45, 2.75) is 32.5 Å². The number of fused-ring (bicyclic) bond motifs is 1. The molecule has 0 fully saturated rings. The smallest absolute Gasteiger partial charge is 0.252 e. The van der Waals surface area contributed by atoms with E-state index in [2.05, 4.69) is 15.0 Å². The second-order valence-corrected chi connectivity index (χ2v) is 6.39. The first-order chi connectivity index (χ1) is 12.9. The number of aromatic nitrogens is 3. The molecule has 3 N–H and O–H groups in total. The van der Waals surface area contributed by atoms with E-state index in [1.54, 1.807) is 24.7 Å². The van der Waals surface area contributed by atoms with Gasteiger partial charge in [0.25, 0.3) is 5.91 Å². The van der Waals surface area contributed by atoms with Crippen LogP contribution in [0, 0.1) is 6.92 Å².